The molecule has 0 aliphatic heterocycles. The Kier molecular flexibility index (Phi) is 6.72. The highest BCUT2D eigenvalue weighted by atomic mass is 16.3. The molecule has 0 spiro atoms. The van der Waals surface area contributed by atoms with E-state index in [0.29, 0.717) is 25.9 Å². The zero-order chi connectivity index (χ0) is 12.6. The van der Waals surface area contributed by atoms with Gasteiger partial charge in [-0.05, 0) is 26.8 Å². The zero-order valence-corrected chi connectivity index (χ0v) is 10.4. The van der Waals surface area contributed by atoms with Crippen molar-refractivity contribution in [2.24, 2.45) is 5.92 Å². The lowest BCUT2D eigenvalue weighted by atomic mass is 10.0. The SMILES string of the molecule is CCN(CC(C#N)CCC#N)CC(C)(C)O. The number of rotatable bonds is 7. The topological polar surface area (TPSA) is 71.0 Å². The Balaban J connectivity index is 4.19. The Morgan fingerprint density at radius 1 is 1.38 bits per heavy atom. The van der Waals surface area contributed by atoms with Crippen molar-refractivity contribution in [2.75, 3.05) is 19.6 Å². The van der Waals surface area contributed by atoms with Crippen LogP contribution >= 0.6 is 0 Å². The summed E-state index contributed by atoms with van der Waals surface area (Å²) >= 11 is 0. The molecule has 0 amide bonds. The largest absolute Gasteiger partial charge is 0.389 e. The lowest BCUT2D eigenvalue weighted by Gasteiger charge is -2.29. The molecule has 4 heteroatoms. The van der Waals surface area contributed by atoms with Crippen molar-refractivity contribution >= 4 is 0 Å². The van der Waals surface area contributed by atoms with Crippen LogP contribution in [0, 0.1) is 28.6 Å². The Morgan fingerprint density at radius 3 is 2.38 bits per heavy atom. The van der Waals surface area contributed by atoms with E-state index in [1.807, 2.05) is 11.8 Å². The fourth-order valence-corrected chi connectivity index (χ4v) is 1.60. The summed E-state index contributed by atoms with van der Waals surface area (Å²) < 4.78 is 0. The van der Waals surface area contributed by atoms with Gasteiger partial charge in [0, 0.05) is 19.5 Å². The van der Waals surface area contributed by atoms with E-state index in [-0.39, 0.29) is 5.92 Å². The Labute approximate surface area is 98.1 Å². The third-order valence-corrected chi connectivity index (χ3v) is 2.32. The molecule has 0 aromatic heterocycles. The minimum absolute atomic E-state index is 0.123. The summed E-state index contributed by atoms with van der Waals surface area (Å²) in [7, 11) is 0. The van der Waals surface area contributed by atoms with Gasteiger partial charge in [0.05, 0.1) is 23.7 Å². The standard InChI is InChI=1S/C12H21N3O/c1-4-15(10-12(2,3)16)9-11(8-14)6-5-7-13/h11,16H,4-6,9-10H2,1-3H3. The molecule has 90 valence electrons. The van der Waals surface area contributed by atoms with Crippen LogP contribution in [0.2, 0.25) is 0 Å². The van der Waals surface area contributed by atoms with Gasteiger partial charge < -0.3 is 5.11 Å². The minimum Gasteiger partial charge on any atom is -0.389 e. The predicted octanol–water partition coefficient (Wildman–Crippen LogP) is 1.52. The van der Waals surface area contributed by atoms with E-state index in [1.165, 1.54) is 0 Å². The van der Waals surface area contributed by atoms with Crippen LogP contribution in [0.15, 0.2) is 0 Å². The van der Waals surface area contributed by atoms with Crippen molar-refractivity contribution in [3.05, 3.63) is 0 Å². The molecule has 16 heavy (non-hydrogen) atoms. The molecule has 0 rings (SSSR count). The number of nitriles is 2. The molecular formula is C12H21N3O. The third-order valence-electron chi connectivity index (χ3n) is 2.32. The number of nitrogens with zero attached hydrogens (tertiary/aromatic N) is 3. The van der Waals surface area contributed by atoms with Crippen LogP contribution in [0.1, 0.15) is 33.6 Å². The number of hydrogen-bond acceptors (Lipinski definition) is 4. The molecule has 0 saturated carbocycles. The molecule has 1 N–H and O–H groups in total. The first kappa shape index (κ1) is 14.9. The van der Waals surface area contributed by atoms with Gasteiger partial charge in [0.15, 0.2) is 0 Å². The molecule has 1 atom stereocenters. The predicted molar refractivity (Wildman–Crippen MR) is 62.4 cm³/mol. The quantitative estimate of drug-likeness (QED) is 0.710. The van der Waals surface area contributed by atoms with Crippen molar-refractivity contribution in [2.45, 2.75) is 39.2 Å². The Bertz CT molecular complexity index is 269. The average Bonchev–Trinajstić information content (AvgIpc) is 2.20. The first-order valence-electron chi connectivity index (χ1n) is 5.64. The van der Waals surface area contributed by atoms with Gasteiger partial charge in [-0.3, -0.25) is 4.90 Å². The van der Waals surface area contributed by atoms with Crippen molar-refractivity contribution in [1.82, 2.24) is 4.90 Å². The van der Waals surface area contributed by atoms with Gasteiger partial charge in [-0.15, -0.1) is 0 Å². The Hall–Kier alpha value is -1.10. The molecule has 0 bridgehead atoms. The summed E-state index contributed by atoms with van der Waals surface area (Å²) in [4.78, 5) is 2.05. The highest BCUT2D eigenvalue weighted by molar-refractivity contribution is 4.88. The fraction of sp³-hybridized carbons (Fsp3) is 0.833. The third kappa shape index (κ3) is 7.23. The Morgan fingerprint density at radius 2 is 2.00 bits per heavy atom. The molecule has 1 unspecified atom stereocenters. The van der Waals surface area contributed by atoms with Crippen molar-refractivity contribution < 1.29 is 5.11 Å². The second-order valence-electron chi connectivity index (χ2n) is 4.66. The molecule has 0 aromatic carbocycles. The molecular weight excluding hydrogens is 202 g/mol. The summed E-state index contributed by atoms with van der Waals surface area (Å²) in [6, 6.07) is 4.27. The molecule has 0 fully saturated rings. The molecule has 0 aromatic rings. The fourth-order valence-electron chi connectivity index (χ4n) is 1.60. The molecule has 0 saturated heterocycles. The van der Waals surface area contributed by atoms with Crippen molar-refractivity contribution in [1.29, 1.82) is 10.5 Å². The monoisotopic (exact) mass is 223 g/mol. The van der Waals surface area contributed by atoms with Gasteiger partial charge in [0.1, 0.15) is 0 Å². The van der Waals surface area contributed by atoms with Gasteiger partial charge in [0.25, 0.3) is 0 Å². The molecule has 0 radical (unpaired) electrons. The van der Waals surface area contributed by atoms with Crippen LogP contribution in [-0.2, 0) is 0 Å². The van der Waals surface area contributed by atoms with Crippen LogP contribution in [-0.4, -0.2) is 35.2 Å². The maximum absolute atomic E-state index is 9.70. The van der Waals surface area contributed by atoms with E-state index in [2.05, 4.69) is 12.1 Å². The zero-order valence-electron chi connectivity index (χ0n) is 10.4. The number of likely N-dealkylation sites (N-methyl/N-ethyl adjacent to an activating group) is 1. The van der Waals surface area contributed by atoms with E-state index in [9.17, 15) is 5.11 Å². The normalized spacial score (nSPS) is 13.2. The van der Waals surface area contributed by atoms with Crippen LogP contribution in [0.5, 0.6) is 0 Å². The summed E-state index contributed by atoms with van der Waals surface area (Å²) in [5.41, 5.74) is -0.745. The second kappa shape index (κ2) is 7.22. The molecule has 0 aliphatic carbocycles. The van der Waals surface area contributed by atoms with E-state index in [1.54, 1.807) is 13.8 Å². The van der Waals surface area contributed by atoms with Gasteiger partial charge in [-0.25, -0.2) is 0 Å². The summed E-state index contributed by atoms with van der Waals surface area (Å²) in [6.07, 6.45) is 1.02. The van der Waals surface area contributed by atoms with Crippen LogP contribution in [0.25, 0.3) is 0 Å². The van der Waals surface area contributed by atoms with Gasteiger partial charge in [-0.2, -0.15) is 10.5 Å². The van der Waals surface area contributed by atoms with E-state index in [0.717, 1.165) is 6.54 Å². The van der Waals surface area contributed by atoms with Crippen LogP contribution in [0.3, 0.4) is 0 Å². The van der Waals surface area contributed by atoms with Crippen molar-refractivity contribution in [3.63, 3.8) is 0 Å². The van der Waals surface area contributed by atoms with Gasteiger partial charge >= 0.3 is 0 Å². The number of hydrogen-bond donors (Lipinski definition) is 1. The van der Waals surface area contributed by atoms with E-state index in [4.69, 9.17) is 10.5 Å². The minimum atomic E-state index is -0.745. The van der Waals surface area contributed by atoms with Gasteiger partial charge in [-0.1, -0.05) is 6.92 Å². The summed E-state index contributed by atoms with van der Waals surface area (Å²) in [6.45, 7) is 7.49. The lowest BCUT2D eigenvalue weighted by molar-refractivity contribution is 0.0348. The number of aliphatic hydroxyl groups is 1. The maximum Gasteiger partial charge on any atom is 0.0718 e. The van der Waals surface area contributed by atoms with Crippen LogP contribution in [0.4, 0.5) is 0 Å². The summed E-state index contributed by atoms with van der Waals surface area (Å²) in [5, 5.41) is 27.1. The summed E-state index contributed by atoms with van der Waals surface area (Å²) in [5.74, 6) is -0.123. The van der Waals surface area contributed by atoms with E-state index >= 15 is 0 Å². The van der Waals surface area contributed by atoms with Gasteiger partial charge in [0.2, 0.25) is 0 Å². The molecule has 0 heterocycles. The molecule has 0 aliphatic rings. The van der Waals surface area contributed by atoms with E-state index < -0.39 is 5.60 Å². The second-order valence-corrected chi connectivity index (χ2v) is 4.66. The molecule has 4 nitrogen and oxygen atoms in total. The van der Waals surface area contributed by atoms with Crippen molar-refractivity contribution in [3.8, 4) is 12.1 Å². The highest BCUT2D eigenvalue weighted by Gasteiger charge is 2.19. The average molecular weight is 223 g/mol. The van der Waals surface area contributed by atoms with Crippen LogP contribution < -0.4 is 0 Å². The first-order chi connectivity index (χ1) is 7.42. The first-order valence-corrected chi connectivity index (χ1v) is 5.64. The highest BCUT2D eigenvalue weighted by Crippen LogP contribution is 2.11. The smallest absolute Gasteiger partial charge is 0.0718 e. The lowest BCUT2D eigenvalue weighted by Crippen LogP contribution is -2.40. The maximum atomic E-state index is 9.70.